The van der Waals surface area contributed by atoms with E-state index in [4.69, 9.17) is 9.47 Å². The van der Waals surface area contributed by atoms with Gasteiger partial charge in [0.1, 0.15) is 18.1 Å². The van der Waals surface area contributed by atoms with Gasteiger partial charge in [0, 0.05) is 12.8 Å². The molecule has 0 spiro atoms. The highest BCUT2D eigenvalue weighted by atomic mass is 16.5. The summed E-state index contributed by atoms with van der Waals surface area (Å²) in [7, 11) is 1.61. The Labute approximate surface area is 243 Å². The summed E-state index contributed by atoms with van der Waals surface area (Å²) in [5.74, 6) is 1.60. The van der Waals surface area contributed by atoms with Crippen LogP contribution in [0.25, 0.3) is 10.8 Å². The van der Waals surface area contributed by atoms with Crippen molar-refractivity contribution in [1.82, 2.24) is 0 Å². The molecular weight excluding hydrogens is 512 g/mol. The molecule has 2 N–H and O–H groups in total. The predicted octanol–water partition coefficient (Wildman–Crippen LogP) is 7.97. The number of rotatable bonds is 17. The van der Waals surface area contributed by atoms with Gasteiger partial charge in [-0.2, -0.15) is 0 Å². The highest BCUT2D eigenvalue weighted by Crippen LogP contribution is 2.30. The molecule has 0 bridgehead atoms. The fourth-order valence-electron chi connectivity index (χ4n) is 5.16. The summed E-state index contributed by atoms with van der Waals surface area (Å²) < 4.78 is 11.6. The van der Waals surface area contributed by atoms with E-state index in [9.17, 15) is 15.0 Å². The maximum Gasteiger partial charge on any atom is 0.161 e. The van der Waals surface area contributed by atoms with E-state index in [1.165, 1.54) is 24.8 Å². The van der Waals surface area contributed by atoms with Gasteiger partial charge in [0.2, 0.25) is 0 Å². The van der Waals surface area contributed by atoms with E-state index in [2.05, 4.69) is 24.3 Å². The Morgan fingerprint density at radius 2 is 1.46 bits per heavy atom. The number of hydrogen-bond donors (Lipinski definition) is 2. The number of unbranched alkanes of at least 4 members (excludes halogenated alkanes) is 4. The number of ether oxygens (including phenoxy) is 2. The van der Waals surface area contributed by atoms with Crippen LogP contribution in [0.5, 0.6) is 17.2 Å². The van der Waals surface area contributed by atoms with Gasteiger partial charge in [-0.15, -0.1) is 0 Å². The van der Waals surface area contributed by atoms with E-state index in [-0.39, 0.29) is 18.0 Å². The van der Waals surface area contributed by atoms with Crippen LogP contribution in [-0.4, -0.2) is 29.2 Å². The Balaban J connectivity index is 1.16. The first-order valence-corrected chi connectivity index (χ1v) is 14.8. The molecule has 0 heterocycles. The van der Waals surface area contributed by atoms with E-state index < -0.39 is 6.10 Å². The molecule has 0 aliphatic carbocycles. The number of carbonyl (C=O) groups excluding carboxylic acids is 1. The number of methoxy groups -OCH3 is 1. The van der Waals surface area contributed by atoms with Crippen molar-refractivity contribution in [1.29, 1.82) is 0 Å². The lowest BCUT2D eigenvalue weighted by atomic mass is 10.00. The van der Waals surface area contributed by atoms with Crippen molar-refractivity contribution in [3.8, 4) is 17.2 Å². The molecule has 4 aromatic carbocycles. The number of hydrogen-bond acceptors (Lipinski definition) is 5. The first kappa shape index (κ1) is 30.1. The summed E-state index contributed by atoms with van der Waals surface area (Å²) >= 11 is 0. The quantitative estimate of drug-likeness (QED) is 0.129. The number of aryl methyl sites for hydroxylation is 2. The number of fused-ring (bicyclic) bond motifs is 1. The molecule has 4 aromatic rings. The van der Waals surface area contributed by atoms with E-state index in [0.717, 1.165) is 41.2 Å². The van der Waals surface area contributed by atoms with E-state index in [1.54, 1.807) is 19.2 Å². The molecule has 0 aliphatic heterocycles. The molecule has 216 valence electrons. The molecule has 0 amide bonds. The summed E-state index contributed by atoms with van der Waals surface area (Å²) in [5, 5.41) is 22.1. The summed E-state index contributed by atoms with van der Waals surface area (Å²) in [4.78, 5) is 12.6. The van der Waals surface area contributed by atoms with E-state index in [0.29, 0.717) is 37.4 Å². The van der Waals surface area contributed by atoms with E-state index >= 15 is 0 Å². The maximum atomic E-state index is 12.6. The molecule has 1 unspecified atom stereocenters. The van der Waals surface area contributed by atoms with Crippen molar-refractivity contribution in [2.75, 3.05) is 7.11 Å². The Morgan fingerprint density at radius 3 is 2.29 bits per heavy atom. The third kappa shape index (κ3) is 9.94. The first-order chi connectivity index (χ1) is 20.0. The van der Waals surface area contributed by atoms with Crippen LogP contribution in [0.1, 0.15) is 68.1 Å². The number of phenols is 1. The van der Waals surface area contributed by atoms with Crippen LogP contribution in [0.4, 0.5) is 0 Å². The summed E-state index contributed by atoms with van der Waals surface area (Å²) in [6.45, 7) is 0.370. The third-order valence-corrected chi connectivity index (χ3v) is 7.51. The Hall–Kier alpha value is -3.83. The molecule has 0 radical (unpaired) electrons. The molecule has 1 atom stereocenters. The van der Waals surface area contributed by atoms with Crippen molar-refractivity contribution in [2.24, 2.45) is 0 Å². The van der Waals surface area contributed by atoms with Crippen LogP contribution >= 0.6 is 0 Å². The van der Waals surface area contributed by atoms with Crippen molar-refractivity contribution in [3.63, 3.8) is 0 Å². The van der Waals surface area contributed by atoms with Crippen molar-refractivity contribution in [3.05, 3.63) is 102 Å². The fraction of sp³-hybridized carbons (Fsp3) is 0.361. The van der Waals surface area contributed by atoms with E-state index in [1.807, 2.05) is 48.5 Å². The van der Waals surface area contributed by atoms with Crippen molar-refractivity contribution in [2.45, 2.75) is 76.9 Å². The second kappa shape index (κ2) is 15.8. The monoisotopic (exact) mass is 554 g/mol. The maximum absolute atomic E-state index is 12.6. The number of phenolic OH excluding ortho intramolecular Hbond substituents is 1. The lowest BCUT2D eigenvalue weighted by Gasteiger charge is -2.13. The molecule has 0 fully saturated rings. The number of carbonyl (C=O) groups is 1. The Kier molecular flexibility index (Phi) is 11.6. The lowest BCUT2D eigenvalue weighted by molar-refractivity contribution is -0.121. The van der Waals surface area contributed by atoms with Gasteiger partial charge in [0.25, 0.3) is 0 Å². The van der Waals surface area contributed by atoms with Crippen molar-refractivity contribution < 1.29 is 24.5 Å². The first-order valence-electron chi connectivity index (χ1n) is 14.8. The fourth-order valence-corrected chi connectivity index (χ4v) is 5.16. The van der Waals surface area contributed by atoms with Gasteiger partial charge >= 0.3 is 0 Å². The largest absolute Gasteiger partial charge is 0.508 e. The smallest absolute Gasteiger partial charge is 0.161 e. The minimum Gasteiger partial charge on any atom is -0.508 e. The number of benzene rings is 4. The SMILES string of the molecule is COc1ccc(CCC(=O)CC(O)CCCCCCCc2ccccc2)cc1OCc1ccc2cc(O)ccc2c1. The topological polar surface area (TPSA) is 76.0 Å². The molecule has 41 heavy (non-hydrogen) atoms. The van der Waals surface area contributed by atoms with Crippen LogP contribution in [0.15, 0.2) is 84.9 Å². The summed E-state index contributed by atoms with van der Waals surface area (Å²) in [6.07, 6.45) is 8.05. The molecule has 4 rings (SSSR count). The lowest BCUT2D eigenvalue weighted by Crippen LogP contribution is -2.14. The average Bonchev–Trinajstić information content (AvgIpc) is 2.99. The Morgan fingerprint density at radius 1 is 0.732 bits per heavy atom. The van der Waals surface area contributed by atoms with Crippen LogP contribution in [0.2, 0.25) is 0 Å². The third-order valence-electron chi connectivity index (χ3n) is 7.51. The number of aromatic hydroxyl groups is 1. The number of Topliss-reactive ketones (excluding diaryl/α,β-unsaturated/α-hetero) is 1. The highest BCUT2D eigenvalue weighted by molar-refractivity contribution is 5.84. The zero-order valence-corrected chi connectivity index (χ0v) is 24.1. The second-order valence-electron chi connectivity index (χ2n) is 10.8. The zero-order chi connectivity index (χ0) is 28.9. The van der Waals surface area contributed by atoms with Crippen LogP contribution in [0.3, 0.4) is 0 Å². The Bertz CT molecular complexity index is 1380. The van der Waals surface area contributed by atoms with Gasteiger partial charge in [-0.05, 0) is 83.5 Å². The van der Waals surface area contributed by atoms with Gasteiger partial charge in [-0.3, -0.25) is 4.79 Å². The molecule has 0 aliphatic rings. The van der Waals surface area contributed by atoms with Gasteiger partial charge in [0.15, 0.2) is 11.5 Å². The van der Waals surface area contributed by atoms with Gasteiger partial charge in [-0.1, -0.05) is 80.3 Å². The van der Waals surface area contributed by atoms with Gasteiger partial charge < -0.3 is 19.7 Å². The minimum absolute atomic E-state index is 0.0841. The number of ketones is 1. The summed E-state index contributed by atoms with van der Waals surface area (Å²) in [6, 6.07) is 27.6. The average molecular weight is 555 g/mol. The van der Waals surface area contributed by atoms with Crippen LogP contribution in [-0.2, 0) is 24.2 Å². The molecule has 0 saturated heterocycles. The molecule has 5 heteroatoms. The summed E-state index contributed by atoms with van der Waals surface area (Å²) in [5.41, 5.74) is 3.39. The predicted molar refractivity (Wildman–Crippen MR) is 165 cm³/mol. The number of aliphatic hydroxyl groups excluding tert-OH is 1. The van der Waals surface area contributed by atoms with Gasteiger partial charge in [-0.25, -0.2) is 0 Å². The van der Waals surface area contributed by atoms with Crippen molar-refractivity contribution >= 4 is 16.6 Å². The minimum atomic E-state index is -0.562. The molecular formula is C36H42O5. The second-order valence-corrected chi connectivity index (χ2v) is 10.8. The molecule has 0 aromatic heterocycles. The highest BCUT2D eigenvalue weighted by Gasteiger charge is 2.13. The number of aliphatic hydroxyl groups is 1. The standard InChI is InChI=1S/C36H42O5/c1-40-35-21-16-28(23-36(35)41-26-29-14-17-31-24-33(38)20-18-30(31)22-29)15-19-34(39)25-32(37)13-9-4-2-3-6-10-27-11-7-5-8-12-27/h5,7-8,11-12,14,16-18,20-24,32,37-38H,2-4,6,9-10,13,15,19,25-26H2,1H3. The normalized spacial score (nSPS) is 11.9. The van der Waals surface area contributed by atoms with Gasteiger partial charge in [0.05, 0.1) is 13.2 Å². The van der Waals surface area contributed by atoms with Crippen LogP contribution < -0.4 is 9.47 Å². The molecule has 0 saturated carbocycles. The zero-order valence-electron chi connectivity index (χ0n) is 24.1. The molecule has 5 nitrogen and oxygen atoms in total. The van der Waals surface area contributed by atoms with Crippen LogP contribution in [0, 0.1) is 0 Å².